The Bertz CT molecular complexity index is 1040. The minimum atomic E-state index is -1.06. The van der Waals surface area contributed by atoms with Gasteiger partial charge < -0.3 is 5.11 Å². The van der Waals surface area contributed by atoms with Crippen LogP contribution >= 0.6 is 11.3 Å². The molecule has 122 valence electrons. The SMILES string of the molecule is Cc1ccc(C)c(C=Cc2nc3sc(C(=O)O)cn3c(=O)c2C)c1. The summed E-state index contributed by atoms with van der Waals surface area (Å²) in [6.45, 7) is 5.75. The van der Waals surface area contributed by atoms with Gasteiger partial charge in [0.1, 0.15) is 4.88 Å². The zero-order valence-corrected chi connectivity index (χ0v) is 14.3. The highest BCUT2D eigenvalue weighted by Gasteiger charge is 2.13. The molecule has 3 aromatic rings. The van der Waals surface area contributed by atoms with E-state index in [-0.39, 0.29) is 10.4 Å². The lowest BCUT2D eigenvalue weighted by Gasteiger charge is -2.03. The predicted octanol–water partition coefficient (Wildman–Crippen LogP) is 3.55. The van der Waals surface area contributed by atoms with E-state index in [9.17, 15) is 9.59 Å². The number of thiazole rings is 1. The topological polar surface area (TPSA) is 71.7 Å². The van der Waals surface area contributed by atoms with Crippen molar-refractivity contribution in [2.45, 2.75) is 20.8 Å². The van der Waals surface area contributed by atoms with Crippen LogP contribution in [0, 0.1) is 20.8 Å². The zero-order chi connectivity index (χ0) is 17.4. The molecule has 0 aliphatic rings. The second-order valence-corrected chi connectivity index (χ2v) is 6.68. The Morgan fingerprint density at radius 2 is 2.00 bits per heavy atom. The average molecular weight is 340 g/mol. The van der Waals surface area contributed by atoms with Crippen molar-refractivity contribution in [3.8, 4) is 0 Å². The number of aryl methyl sites for hydroxylation is 2. The number of aromatic nitrogens is 2. The fraction of sp³-hybridized carbons (Fsp3) is 0.167. The quantitative estimate of drug-likeness (QED) is 0.791. The molecule has 6 heteroatoms. The van der Waals surface area contributed by atoms with Crippen LogP contribution in [0.2, 0.25) is 0 Å². The molecule has 0 saturated heterocycles. The molecule has 0 fully saturated rings. The summed E-state index contributed by atoms with van der Waals surface area (Å²) in [6, 6.07) is 6.17. The lowest BCUT2D eigenvalue weighted by Crippen LogP contribution is -2.17. The van der Waals surface area contributed by atoms with Gasteiger partial charge in [0.25, 0.3) is 5.56 Å². The molecule has 1 aromatic carbocycles. The summed E-state index contributed by atoms with van der Waals surface area (Å²) in [5.41, 5.74) is 4.16. The first-order chi connectivity index (χ1) is 11.4. The molecule has 5 nitrogen and oxygen atoms in total. The molecule has 2 aromatic heterocycles. The van der Waals surface area contributed by atoms with Crippen LogP contribution in [0.3, 0.4) is 0 Å². The highest BCUT2D eigenvalue weighted by atomic mass is 32.1. The Balaban J connectivity index is 2.11. The number of aromatic carboxylic acids is 1. The van der Waals surface area contributed by atoms with E-state index in [1.54, 1.807) is 13.0 Å². The van der Waals surface area contributed by atoms with Crippen LogP contribution in [0.5, 0.6) is 0 Å². The second-order valence-electron chi connectivity index (χ2n) is 5.67. The van der Waals surface area contributed by atoms with Gasteiger partial charge in [-0.15, -0.1) is 0 Å². The van der Waals surface area contributed by atoms with Crippen molar-refractivity contribution in [3.63, 3.8) is 0 Å². The first-order valence-electron chi connectivity index (χ1n) is 7.38. The van der Waals surface area contributed by atoms with Crippen molar-refractivity contribution in [2.24, 2.45) is 0 Å². The van der Waals surface area contributed by atoms with Crippen molar-refractivity contribution >= 4 is 34.4 Å². The number of carbonyl (C=O) groups is 1. The van der Waals surface area contributed by atoms with Gasteiger partial charge in [-0.25, -0.2) is 9.78 Å². The van der Waals surface area contributed by atoms with Crippen LogP contribution in [0.4, 0.5) is 0 Å². The highest BCUT2D eigenvalue weighted by molar-refractivity contribution is 7.18. The van der Waals surface area contributed by atoms with Gasteiger partial charge in [0.15, 0.2) is 4.96 Å². The van der Waals surface area contributed by atoms with Crippen molar-refractivity contribution in [1.82, 2.24) is 9.38 Å². The van der Waals surface area contributed by atoms with Crippen LogP contribution in [-0.4, -0.2) is 20.5 Å². The third kappa shape index (κ3) is 2.88. The fourth-order valence-corrected chi connectivity index (χ4v) is 3.24. The summed E-state index contributed by atoms with van der Waals surface area (Å²) >= 11 is 0.988. The third-order valence-corrected chi connectivity index (χ3v) is 4.83. The molecule has 1 N–H and O–H groups in total. The van der Waals surface area contributed by atoms with Crippen LogP contribution in [0.25, 0.3) is 17.1 Å². The number of nitrogens with zero attached hydrogens (tertiary/aromatic N) is 2. The van der Waals surface area contributed by atoms with E-state index in [2.05, 4.69) is 11.1 Å². The summed E-state index contributed by atoms with van der Waals surface area (Å²) in [6.07, 6.45) is 5.06. The van der Waals surface area contributed by atoms with Gasteiger partial charge in [-0.1, -0.05) is 41.2 Å². The molecule has 2 heterocycles. The molecule has 3 rings (SSSR count). The Kier molecular flexibility index (Phi) is 4.07. The monoisotopic (exact) mass is 340 g/mol. The first-order valence-corrected chi connectivity index (χ1v) is 8.20. The normalized spacial score (nSPS) is 11.5. The average Bonchev–Trinajstić information content (AvgIpc) is 2.97. The molecule has 24 heavy (non-hydrogen) atoms. The van der Waals surface area contributed by atoms with Crippen LogP contribution in [0.1, 0.15) is 37.6 Å². The molecule has 0 atom stereocenters. The van der Waals surface area contributed by atoms with Gasteiger partial charge in [0, 0.05) is 11.8 Å². The maximum atomic E-state index is 12.4. The lowest BCUT2D eigenvalue weighted by molar-refractivity contribution is 0.0701. The Labute approximate surface area is 142 Å². The summed E-state index contributed by atoms with van der Waals surface area (Å²) in [5, 5.41) is 9.08. The third-order valence-electron chi connectivity index (χ3n) is 3.86. The van der Waals surface area contributed by atoms with E-state index >= 15 is 0 Å². The van der Waals surface area contributed by atoms with Gasteiger partial charge in [0.2, 0.25) is 0 Å². The number of carboxylic acids is 1. The van der Waals surface area contributed by atoms with Crippen molar-refractivity contribution in [2.75, 3.05) is 0 Å². The van der Waals surface area contributed by atoms with E-state index in [1.807, 2.05) is 32.1 Å². The van der Waals surface area contributed by atoms with E-state index in [1.165, 1.54) is 10.6 Å². The first kappa shape index (κ1) is 16.1. The molecule has 0 radical (unpaired) electrons. The largest absolute Gasteiger partial charge is 0.477 e. The highest BCUT2D eigenvalue weighted by Crippen LogP contribution is 2.18. The van der Waals surface area contributed by atoms with Gasteiger partial charge in [-0.05, 0) is 38.0 Å². The predicted molar refractivity (Wildman–Crippen MR) is 95.9 cm³/mol. The smallest absolute Gasteiger partial charge is 0.347 e. The lowest BCUT2D eigenvalue weighted by atomic mass is 10.0. The summed E-state index contributed by atoms with van der Waals surface area (Å²) in [5.74, 6) is -1.06. The Morgan fingerprint density at radius 3 is 2.71 bits per heavy atom. The number of carboxylic acid groups (broad SMARTS) is 1. The number of hydrogen-bond acceptors (Lipinski definition) is 4. The zero-order valence-electron chi connectivity index (χ0n) is 13.5. The van der Waals surface area contributed by atoms with Gasteiger partial charge >= 0.3 is 5.97 Å². The Morgan fingerprint density at radius 1 is 1.25 bits per heavy atom. The van der Waals surface area contributed by atoms with Gasteiger partial charge in [0.05, 0.1) is 5.69 Å². The molecule has 0 saturated carbocycles. The van der Waals surface area contributed by atoms with E-state index in [4.69, 9.17) is 5.11 Å². The summed E-state index contributed by atoms with van der Waals surface area (Å²) < 4.78 is 1.29. The molecule has 0 bridgehead atoms. The number of fused-ring (bicyclic) bond motifs is 1. The fourth-order valence-electron chi connectivity index (χ4n) is 2.41. The van der Waals surface area contributed by atoms with E-state index < -0.39 is 5.97 Å². The minimum absolute atomic E-state index is 0.0923. The second kappa shape index (κ2) is 6.05. The summed E-state index contributed by atoms with van der Waals surface area (Å²) in [7, 11) is 0. The van der Waals surface area contributed by atoms with Crippen molar-refractivity contribution in [1.29, 1.82) is 0 Å². The minimum Gasteiger partial charge on any atom is -0.477 e. The molecule has 0 unspecified atom stereocenters. The molecule has 0 aliphatic heterocycles. The van der Waals surface area contributed by atoms with Gasteiger partial charge in [-0.2, -0.15) is 0 Å². The van der Waals surface area contributed by atoms with Crippen molar-refractivity contribution in [3.05, 3.63) is 67.6 Å². The number of hydrogen-bond donors (Lipinski definition) is 1. The van der Waals surface area contributed by atoms with Crippen LogP contribution < -0.4 is 5.56 Å². The maximum Gasteiger partial charge on any atom is 0.347 e. The maximum absolute atomic E-state index is 12.4. The van der Waals surface area contributed by atoms with Crippen LogP contribution in [-0.2, 0) is 0 Å². The van der Waals surface area contributed by atoms with E-state index in [0.717, 1.165) is 28.0 Å². The van der Waals surface area contributed by atoms with E-state index in [0.29, 0.717) is 16.2 Å². The Hall–Kier alpha value is -2.73. The molecular formula is C18H16N2O3S. The molecule has 0 aliphatic carbocycles. The molecule has 0 spiro atoms. The number of rotatable bonds is 3. The van der Waals surface area contributed by atoms with Crippen LogP contribution in [0.15, 0.2) is 29.2 Å². The number of benzene rings is 1. The standard InChI is InChI=1S/C18H16N2O3S/c1-10-4-5-11(2)13(8-10)6-7-14-12(3)16(21)20-9-15(17(22)23)24-18(20)19-14/h4-9H,1-3H3,(H,22,23). The molecule has 0 amide bonds. The van der Waals surface area contributed by atoms with Crippen molar-refractivity contribution < 1.29 is 9.90 Å². The molecular weight excluding hydrogens is 324 g/mol. The van der Waals surface area contributed by atoms with Gasteiger partial charge in [-0.3, -0.25) is 9.20 Å². The summed E-state index contributed by atoms with van der Waals surface area (Å²) in [4.78, 5) is 28.4.